The molecule has 0 fully saturated rings. The van der Waals surface area contributed by atoms with E-state index in [1.54, 1.807) is 21.3 Å². The van der Waals surface area contributed by atoms with E-state index in [4.69, 9.17) is 19.9 Å². The molecule has 0 heterocycles. The molecule has 4 nitrogen and oxygen atoms in total. The summed E-state index contributed by atoms with van der Waals surface area (Å²) in [6.07, 6.45) is 0. The van der Waals surface area contributed by atoms with Gasteiger partial charge in [-0.05, 0) is 23.1 Å². The van der Waals surface area contributed by atoms with Crippen LogP contribution in [0.5, 0.6) is 17.2 Å². The number of nitrogens with two attached hydrogens (primary N) is 1. The van der Waals surface area contributed by atoms with Crippen LogP contribution in [0.15, 0.2) is 12.1 Å². The van der Waals surface area contributed by atoms with E-state index in [0.717, 1.165) is 5.56 Å². The number of benzene rings is 1. The maximum absolute atomic E-state index is 6.26. The zero-order chi connectivity index (χ0) is 13.9. The van der Waals surface area contributed by atoms with Crippen LogP contribution < -0.4 is 19.9 Å². The van der Waals surface area contributed by atoms with Crippen molar-refractivity contribution in [2.75, 3.05) is 21.3 Å². The summed E-state index contributed by atoms with van der Waals surface area (Å²) in [5.74, 6) is 1.85. The summed E-state index contributed by atoms with van der Waals surface area (Å²) in [7, 11) is 4.79. The van der Waals surface area contributed by atoms with Crippen LogP contribution in [0.2, 0.25) is 0 Å². The summed E-state index contributed by atoms with van der Waals surface area (Å²) in [4.78, 5) is 0. The molecule has 1 rings (SSSR count). The monoisotopic (exact) mass is 253 g/mol. The molecule has 1 atom stereocenters. The van der Waals surface area contributed by atoms with E-state index in [9.17, 15) is 0 Å². The predicted octanol–water partition coefficient (Wildman–Crippen LogP) is 2.76. The Bertz CT molecular complexity index is 385. The van der Waals surface area contributed by atoms with Crippen molar-refractivity contribution in [2.45, 2.75) is 26.8 Å². The summed E-state index contributed by atoms with van der Waals surface area (Å²) in [5.41, 5.74) is 7.19. The first-order valence-corrected chi connectivity index (χ1v) is 5.90. The molecule has 0 aliphatic heterocycles. The van der Waals surface area contributed by atoms with E-state index in [2.05, 4.69) is 20.8 Å². The summed E-state index contributed by atoms with van der Waals surface area (Å²) in [6.45, 7) is 6.29. The van der Waals surface area contributed by atoms with Crippen molar-refractivity contribution in [1.29, 1.82) is 0 Å². The van der Waals surface area contributed by atoms with Gasteiger partial charge in [-0.2, -0.15) is 0 Å². The van der Waals surface area contributed by atoms with Crippen molar-refractivity contribution in [2.24, 2.45) is 11.1 Å². The standard InChI is InChI=1S/C14H23NO3/c1-14(2,3)13(15)9-7-10(16-4)12(18-6)11(8-9)17-5/h7-8,13H,15H2,1-6H3/t13-/m0/s1. The third-order valence-electron chi connectivity index (χ3n) is 2.98. The summed E-state index contributed by atoms with van der Waals surface area (Å²) in [6, 6.07) is 3.69. The molecule has 0 aromatic heterocycles. The smallest absolute Gasteiger partial charge is 0.203 e. The van der Waals surface area contributed by atoms with E-state index < -0.39 is 0 Å². The average molecular weight is 253 g/mol. The van der Waals surface area contributed by atoms with Gasteiger partial charge in [0, 0.05) is 6.04 Å². The third-order valence-corrected chi connectivity index (χ3v) is 2.98. The molecule has 0 aliphatic rings. The molecule has 0 bridgehead atoms. The van der Waals surface area contributed by atoms with Gasteiger partial charge in [-0.25, -0.2) is 0 Å². The van der Waals surface area contributed by atoms with Gasteiger partial charge in [0.15, 0.2) is 11.5 Å². The fourth-order valence-electron chi connectivity index (χ4n) is 1.78. The van der Waals surface area contributed by atoms with Crippen molar-refractivity contribution < 1.29 is 14.2 Å². The molecule has 0 aliphatic carbocycles. The lowest BCUT2D eigenvalue weighted by atomic mass is 9.83. The van der Waals surface area contributed by atoms with Crippen LogP contribution >= 0.6 is 0 Å². The maximum atomic E-state index is 6.26. The van der Waals surface area contributed by atoms with Crippen LogP contribution in [0.3, 0.4) is 0 Å². The fourth-order valence-corrected chi connectivity index (χ4v) is 1.78. The lowest BCUT2D eigenvalue weighted by molar-refractivity contribution is 0.311. The summed E-state index contributed by atoms with van der Waals surface area (Å²) < 4.78 is 15.9. The fraction of sp³-hybridized carbons (Fsp3) is 0.571. The van der Waals surface area contributed by atoms with Crippen LogP contribution in [-0.4, -0.2) is 21.3 Å². The second kappa shape index (κ2) is 5.48. The first-order valence-electron chi connectivity index (χ1n) is 5.90. The first kappa shape index (κ1) is 14.6. The molecule has 1 aromatic rings. The summed E-state index contributed by atoms with van der Waals surface area (Å²) in [5, 5.41) is 0. The van der Waals surface area contributed by atoms with Gasteiger partial charge in [0.2, 0.25) is 5.75 Å². The minimum absolute atomic E-state index is 0.0371. The maximum Gasteiger partial charge on any atom is 0.203 e. The molecule has 0 saturated carbocycles. The van der Waals surface area contributed by atoms with Crippen molar-refractivity contribution >= 4 is 0 Å². The minimum atomic E-state index is -0.105. The van der Waals surface area contributed by atoms with Gasteiger partial charge in [0.1, 0.15) is 0 Å². The van der Waals surface area contributed by atoms with Gasteiger partial charge in [0.25, 0.3) is 0 Å². The Morgan fingerprint density at radius 3 is 1.67 bits per heavy atom. The molecule has 0 radical (unpaired) electrons. The normalized spacial score (nSPS) is 13.1. The van der Waals surface area contributed by atoms with E-state index >= 15 is 0 Å². The van der Waals surface area contributed by atoms with Gasteiger partial charge >= 0.3 is 0 Å². The Balaban J connectivity index is 3.32. The molecule has 102 valence electrons. The lowest BCUT2D eigenvalue weighted by Crippen LogP contribution is -2.26. The Labute approximate surface area is 109 Å². The zero-order valence-corrected chi connectivity index (χ0v) is 12.0. The second-order valence-corrected chi connectivity index (χ2v) is 5.30. The highest BCUT2D eigenvalue weighted by Gasteiger charge is 2.25. The van der Waals surface area contributed by atoms with Crippen LogP contribution in [0, 0.1) is 5.41 Å². The van der Waals surface area contributed by atoms with E-state index in [-0.39, 0.29) is 11.5 Å². The van der Waals surface area contributed by atoms with Crippen LogP contribution in [-0.2, 0) is 0 Å². The highest BCUT2D eigenvalue weighted by Crippen LogP contribution is 2.42. The van der Waals surface area contributed by atoms with Gasteiger partial charge in [-0.3, -0.25) is 0 Å². The molecule has 0 saturated heterocycles. The average Bonchev–Trinajstić information content (AvgIpc) is 2.34. The lowest BCUT2D eigenvalue weighted by Gasteiger charge is -2.28. The Kier molecular flexibility index (Phi) is 4.46. The van der Waals surface area contributed by atoms with Gasteiger partial charge in [0.05, 0.1) is 21.3 Å². The molecule has 0 amide bonds. The molecular weight excluding hydrogens is 230 g/mol. The molecule has 4 heteroatoms. The largest absolute Gasteiger partial charge is 0.493 e. The predicted molar refractivity (Wildman–Crippen MR) is 72.5 cm³/mol. The Morgan fingerprint density at radius 1 is 0.944 bits per heavy atom. The number of hydrogen-bond donors (Lipinski definition) is 1. The van der Waals surface area contributed by atoms with Crippen molar-refractivity contribution in [3.63, 3.8) is 0 Å². The number of ether oxygens (including phenoxy) is 3. The van der Waals surface area contributed by atoms with E-state index in [1.165, 1.54) is 0 Å². The highest BCUT2D eigenvalue weighted by molar-refractivity contribution is 5.54. The number of rotatable bonds is 4. The van der Waals surface area contributed by atoms with Gasteiger partial charge < -0.3 is 19.9 Å². The summed E-state index contributed by atoms with van der Waals surface area (Å²) >= 11 is 0. The van der Waals surface area contributed by atoms with E-state index in [0.29, 0.717) is 17.2 Å². The van der Waals surface area contributed by atoms with Crippen molar-refractivity contribution in [1.82, 2.24) is 0 Å². The highest BCUT2D eigenvalue weighted by atomic mass is 16.5. The molecule has 18 heavy (non-hydrogen) atoms. The Hall–Kier alpha value is -1.42. The number of hydrogen-bond acceptors (Lipinski definition) is 4. The Morgan fingerprint density at radius 2 is 1.39 bits per heavy atom. The van der Waals surface area contributed by atoms with Crippen molar-refractivity contribution in [3.05, 3.63) is 17.7 Å². The second-order valence-electron chi connectivity index (χ2n) is 5.30. The molecule has 0 spiro atoms. The molecule has 0 unspecified atom stereocenters. The van der Waals surface area contributed by atoms with Crippen LogP contribution in [0.25, 0.3) is 0 Å². The third kappa shape index (κ3) is 2.88. The van der Waals surface area contributed by atoms with Crippen LogP contribution in [0.4, 0.5) is 0 Å². The van der Waals surface area contributed by atoms with E-state index in [1.807, 2.05) is 12.1 Å². The number of methoxy groups -OCH3 is 3. The zero-order valence-electron chi connectivity index (χ0n) is 12.0. The van der Waals surface area contributed by atoms with Crippen LogP contribution in [0.1, 0.15) is 32.4 Å². The topological polar surface area (TPSA) is 53.7 Å². The molecular formula is C14H23NO3. The first-order chi connectivity index (χ1) is 8.35. The molecule has 1 aromatic carbocycles. The van der Waals surface area contributed by atoms with Gasteiger partial charge in [-0.1, -0.05) is 20.8 Å². The quantitative estimate of drug-likeness (QED) is 0.896. The molecule has 2 N–H and O–H groups in total. The van der Waals surface area contributed by atoms with Gasteiger partial charge in [-0.15, -0.1) is 0 Å². The minimum Gasteiger partial charge on any atom is -0.493 e. The van der Waals surface area contributed by atoms with Crippen molar-refractivity contribution in [3.8, 4) is 17.2 Å². The SMILES string of the molecule is COc1cc([C@H](N)C(C)(C)C)cc(OC)c1OC.